The molecule has 1 aliphatic heterocycles. The minimum Gasteiger partial charge on any atom is -0.391 e. The molecular formula is C10H12BrNO2S. The molecule has 0 radical (unpaired) electrons. The summed E-state index contributed by atoms with van der Waals surface area (Å²) in [5.74, 6) is 0.0319. The standard InChI is InChI=1S/C10H12BrNO2S/c11-7-4-9(15-6-7)10(14)12-3-1-2-8(13)5-12/h4,6,8,13H,1-3,5H2. The third kappa shape index (κ3) is 2.59. The van der Waals surface area contributed by atoms with E-state index in [9.17, 15) is 9.90 Å². The minimum absolute atomic E-state index is 0.0319. The Bertz CT molecular complexity index is 366. The van der Waals surface area contributed by atoms with E-state index in [1.54, 1.807) is 4.90 Å². The number of aliphatic hydroxyl groups excluding tert-OH is 1. The maximum atomic E-state index is 12.0. The van der Waals surface area contributed by atoms with Crippen LogP contribution in [0.5, 0.6) is 0 Å². The molecule has 0 aromatic carbocycles. The third-order valence-electron chi connectivity index (χ3n) is 2.46. The first-order valence-electron chi connectivity index (χ1n) is 4.88. The molecule has 1 amide bonds. The number of nitrogens with zero attached hydrogens (tertiary/aromatic N) is 1. The molecule has 1 unspecified atom stereocenters. The second-order valence-corrected chi connectivity index (χ2v) is 5.50. The zero-order chi connectivity index (χ0) is 10.8. The summed E-state index contributed by atoms with van der Waals surface area (Å²) < 4.78 is 0.938. The largest absolute Gasteiger partial charge is 0.391 e. The highest BCUT2D eigenvalue weighted by Gasteiger charge is 2.23. The summed E-state index contributed by atoms with van der Waals surface area (Å²) in [4.78, 5) is 14.4. The summed E-state index contributed by atoms with van der Waals surface area (Å²) in [6.45, 7) is 1.22. The van der Waals surface area contributed by atoms with Crippen molar-refractivity contribution in [3.8, 4) is 0 Å². The van der Waals surface area contributed by atoms with Crippen molar-refractivity contribution < 1.29 is 9.90 Å². The van der Waals surface area contributed by atoms with Crippen molar-refractivity contribution >= 4 is 33.2 Å². The fraction of sp³-hybridized carbons (Fsp3) is 0.500. The van der Waals surface area contributed by atoms with Gasteiger partial charge in [-0.25, -0.2) is 0 Å². The smallest absolute Gasteiger partial charge is 0.264 e. The van der Waals surface area contributed by atoms with Crippen LogP contribution in [0.1, 0.15) is 22.5 Å². The summed E-state index contributed by atoms with van der Waals surface area (Å²) in [6.07, 6.45) is 1.34. The molecule has 0 bridgehead atoms. The fourth-order valence-corrected chi connectivity index (χ4v) is 3.11. The first-order valence-corrected chi connectivity index (χ1v) is 6.55. The lowest BCUT2D eigenvalue weighted by Crippen LogP contribution is -2.41. The predicted octanol–water partition coefficient (Wildman–Crippen LogP) is 2.11. The highest BCUT2D eigenvalue weighted by atomic mass is 79.9. The molecule has 1 atom stereocenters. The van der Waals surface area contributed by atoms with Crippen LogP contribution in [-0.4, -0.2) is 35.1 Å². The predicted molar refractivity (Wildman–Crippen MR) is 63.2 cm³/mol. The molecule has 1 saturated heterocycles. The number of hydrogen-bond acceptors (Lipinski definition) is 3. The van der Waals surface area contributed by atoms with E-state index in [2.05, 4.69) is 15.9 Å². The van der Waals surface area contributed by atoms with Crippen LogP contribution in [0.25, 0.3) is 0 Å². The molecule has 2 heterocycles. The zero-order valence-corrected chi connectivity index (χ0v) is 10.6. The lowest BCUT2D eigenvalue weighted by molar-refractivity contribution is 0.0477. The molecular weight excluding hydrogens is 278 g/mol. The van der Waals surface area contributed by atoms with Crippen LogP contribution in [0.2, 0.25) is 0 Å². The number of piperidine rings is 1. The van der Waals surface area contributed by atoms with Crippen molar-refractivity contribution in [2.24, 2.45) is 0 Å². The van der Waals surface area contributed by atoms with E-state index in [0.717, 1.165) is 28.7 Å². The van der Waals surface area contributed by atoms with Gasteiger partial charge in [0.25, 0.3) is 5.91 Å². The van der Waals surface area contributed by atoms with Crippen molar-refractivity contribution in [3.05, 3.63) is 20.8 Å². The van der Waals surface area contributed by atoms with Gasteiger partial charge in [-0.2, -0.15) is 0 Å². The first-order chi connectivity index (χ1) is 7.16. The van der Waals surface area contributed by atoms with E-state index < -0.39 is 0 Å². The molecule has 0 saturated carbocycles. The van der Waals surface area contributed by atoms with E-state index in [0.29, 0.717) is 6.54 Å². The second kappa shape index (κ2) is 4.63. The molecule has 15 heavy (non-hydrogen) atoms. The van der Waals surface area contributed by atoms with Gasteiger partial charge in [-0.3, -0.25) is 4.79 Å². The molecule has 1 aromatic heterocycles. The van der Waals surface area contributed by atoms with E-state index in [1.807, 2.05) is 11.4 Å². The molecule has 0 spiro atoms. The number of carbonyl (C=O) groups excluding carboxylic acids is 1. The lowest BCUT2D eigenvalue weighted by Gasteiger charge is -2.29. The van der Waals surface area contributed by atoms with Crippen molar-refractivity contribution in [2.45, 2.75) is 18.9 Å². The number of carbonyl (C=O) groups is 1. The van der Waals surface area contributed by atoms with Crippen LogP contribution in [0.4, 0.5) is 0 Å². The molecule has 3 nitrogen and oxygen atoms in total. The van der Waals surface area contributed by atoms with Gasteiger partial charge in [0.1, 0.15) is 0 Å². The number of halogens is 1. The maximum Gasteiger partial charge on any atom is 0.264 e. The van der Waals surface area contributed by atoms with Crippen molar-refractivity contribution in [1.82, 2.24) is 4.90 Å². The molecule has 2 rings (SSSR count). The average molecular weight is 290 g/mol. The maximum absolute atomic E-state index is 12.0. The normalized spacial score (nSPS) is 21.7. The van der Waals surface area contributed by atoms with Crippen LogP contribution in [0.3, 0.4) is 0 Å². The van der Waals surface area contributed by atoms with Crippen LogP contribution >= 0.6 is 27.3 Å². The van der Waals surface area contributed by atoms with E-state index in [4.69, 9.17) is 0 Å². The molecule has 1 N–H and O–H groups in total. The monoisotopic (exact) mass is 289 g/mol. The molecule has 1 aromatic rings. The first kappa shape index (κ1) is 11.1. The van der Waals surface area contributed by atoms with Gasteiger partial charge in [0.2, 0.25) is 0 Å². The van der Waals surface area contributed by atoms with Gasteiger partial charge in [-0.05, 0) is 34.8 Å². The van der Waals surface area contributed by atoms with Gasteiger partial charge < -0.3 is 10.0 Å². The Morgan fingerprint density at radius 2 is 2.47 bits per heavy atom. The van der Waals surface area contributed by atoms with Crippen molar-refractivity contribution in [1.29, 1.82) is 0 Å². The number of aliphatic hydroxyl groups is 1. The highest BCUT2D eigenvalue weighted by molar-refractivity contribution is 9.10. The van der Waals surface area contributed by atoms with Crippen molar-refractivity contribution in [2.75, 3.05) is 13.1 Å². The summed E-state index contributed by atoms with van der Waals surface area (Å²) in [7, 11) is 0. The fourth-order valence-electron chi connectivity index (χ4n) is 1.72. The van der Waals surface area contributed by atoms with E-state index in [1.165, 1.54) is 11.3 Å². The topological polar surface area (TPSA) is 40.5 Å². The third-order valence-corrected chi connectivity index (χ3v) is 4.14. The van der Waals surface area contributed by atoms with Gasteiger partial charge >= 0.3 is 0 Å². The van der Waals surface area contributed by atoms with Crippen molar-refractivity contribution in [3.63, 3.8) is 0 Å². The Morgan fingerprint density at radius 3 is 3.07 bits per heavy atom. The number of thiophene rings is 1. The molecule has 82 valence electrons. The van der Waals surface area contributed by atoms with Gasteiger partial charge in [-0.15, -0.1) is 11.3 Å². The average Bonchev–Trinajstić information content (AvgIpc) is 2.64. The number of β-amino-alcohol motifs (C(OH)–C–C–N with tert-alkyl or cyclic N) is 1. The number of likely N-dealkylation sites (tertiary alicyclic amines) is 1. The van der Waals surface area contributed by atoms with E-state index >= 15 is 0 Å². The minimum atomic E-state index is -0.355. The van der Waals surface area contributed by atoms with Crippen LogP contribution < -0.4 is 0 Å². The Morgan fingerprint density at radius 1 is 1.67 bits per heavy atom. The Labute approximate surface area is 101 Å². The van der Waals surface area contributed by atoms with Gasteiger partial charge in [-0.1, -0.05) is 0 Å². The number of hydrogen-bond donors (Lipinski definition) is 1. The van der Waals surface area contributed by atoms with Gasteiger partial charge in [0, 0.05) is 22.9 Å². The lowest BCUT2D eigenvalue weighted by atomic mass is 10.1. The Hall–Kier alpha value is -0.390. The highest BCUT2D eigenvalue weighted by Crippen LogP contribution is 2.22. The van der Waals surface area contributed by atoms with Gasteiger partial charge in [0.05, 0.1) is 11.0 Å². The van der Waals surface area contributed by atoms with Crippen LogP contribution in [-0.2, 0) is 0 Å². The number of amides is 1. The van der Waals surface area contributed by atoms with E-state index in [-0.39, 0.29) is 12.0 Å². The van der Waals surface area contributed by atoms with Crippen LogP contribution in [0.15, 0.2) is 15.9 Å². The second-order valence-electron chi connectivity index (χ2n) is 3.68. The molecule has 0 aliphatic carbocycles. The number of rotatable bonds is 1. The summed E-state index contributed by atoms with van der Waals surface area (Å²) in [5, 5.41) is 11.4. The zero-order valence-electron chi connectivity index (χ0n) is 8.15. The quantitative estimate of drug-likeness (QED) is 0.860. The summed E-state index contributed by atoms with van der Waals surface area (Å²) in [6, 6.07) is 1.83. The molecule has 5 heteroatoms. The molecule has 1 fully saturated rings. The van der Waals surface area contributed by atoms with Crippen LogP contribution in [0, 0.1) is 0 Å². The Kier molecular flexibility index (Phi) is 3.43. The summed E-state index contributed by atoms with van der Waals surface area (Å²) in [5.41, 5.74) is 0. The SMILES string of the molecule is O=C(c1cc(Br)cs1)N1CCCC(O)C1. The van der Waals surface area contributed by atoms with Gasteiger partial charge in [0.15, 0.2) is 0 Å². The Balaban J connectivity index is 2.07. The molecule has 1 aliphatic rings. The summed E-state index contributed by atoms with van der Waals surface area (Å²) >= 11 is 4.76.